The molecule has 0 saturated heterocycles. The highest BCUT2D eigenvalue weighted by molar-refractivity contribution is 5.86. The van der Waals surface area contributed by atoms with Crippen molar-refractivity contribution in [2.24, 2.45) is 0 Å². The topological polar surface area (TPSA) is 37.3 Å². The number of aliphatic carboxylic acids is 1. The molecule has 0 unspecified atom stereocenters. The van der Waals surface area contributed by atoms with Gasteiger partial charge in [0, 0.05) is 6.42 Å². The predicted molar refractivity (Wildman–Crippen MR) is 72.0 cm³/mol. The SMILES string of the molecule is C=CCC(=C=CCCCCCCCC)C(=O)O. The molecule has 96 valence electrons. The monoisotopic (exact) mass is 236 g/mol. The van der Waals surface area contributed by atoms with Crippen LogP contribution in [-0.4, -0.2) is 11.1 Å². The van der Waals surface area contributed by atoms with Gasteiger partial charge in [-0.15, -0.1) is 12.3 Å². The van der Waals surface area contributed by atoms with Crippen LogP contribution in [0.15, 0.2) is 30.0 Å². The molecule has 0 saturated carbocycles. The Morgan fingerprint density at radius 3 is 2.47 bits per heavy atom. The Kier molecular flexibility index (Phi) is 10.4. The van der Waals surface area contributed by atoms with Crippen LogP contribution in [0.25, 0.3) is 0 Å². The maximum Gasteiger partial charge on any atom is 0.339 e. The van der Waals surface area contributed by atoms with E-state index < -0.39 is 5.97 Å². The van der Waals surface area contributed by atoms with Crippen LogP contribution in [0, 0.1) is 0 Å². The van der Waals surface area contributed by atoms with Crippen molar-refractivity contribution < 1.29 is 9.90 Å². The van der Waals surface area contributed by atoms with Gasteiger partial charge in [-0.3, -0.25) is 0 Å². The average molecular weight is 236 g/mol. The molecule has 0 aliphatic heterocycles. The first-order valence-corrected chi connectivity index (χ1v) is 6.50. The lowest BCUT2D eigenvalue weighted by atomic mass is 10.1. The van der Waals surface area contributed by atoms with Crippen LogP contribution in [-0.2, 0) is 4.79 Å². The number of unbranched alkanes of at least 4 members (excludes halogenated alkanes) is 6. The minimum Gasteiger partial charge on any atom is -0.477 e. The minimum atomic E-state index is -0.899. The summed E-state index contributed by atoms with van der Waals surface area (Å²) in [6.45, 7) is 5.74. The zero-order valence-corrected chi connectivity index (χ0v) is 10.9. The molecule has 2 nitrogen and oxygen atoms in total. The van der Waals surface area contributed by atoms with E-state index in [1.807, 2.05) is 6.08 Å². The van der Waals surface area contributed by atoms with Crippen molar-refractivity contribution in [2.75, 3.05) is 0 Å². The fraction of sp³-hybridized carbons (Fsp3) is 0.600. The largest absolute Gasteiger partial charge is 0.477 e. The summed E-state index contributed by atoms with van der Waals surface area (Å²) in [6.07, 6.45) is 12.3. The van der Waals surface area contributed by atoms with Crippen molar-refractivity contribution in [2.45, 2.75) is 58.3 Å². The predicted octanol–water partition coefficient (Wildman–Crippen LogP) is 4.48. The van der Waals surface area contributed by atoms with Gasteiger partial charge in [-0.25, -0.2) is 4.79 Å². The van der Waals surface area contributed by atoms with E-state index in [1.54, 1.807) is 6.08 Å². The Morgan fingerprint density at radius 1 is 1.24 bits per heavy atom. The van der Waals surface area contributed by atoms with Gasteiger partial charge < -0.3 is 5.11 Å². The molecule has 0 aromatic rings. The van der Waals surface area contributed by atoms with Crippen LogP contribution in [0.3, 0.4) is 0 Å². The molecular formula is C15H24O2. The molecule has 0 aromatic carbocycles. The summed E-state index contributed by atoms with van der Waals surface area (Å²) in [4.78, 5) is 10.8. The first-order valence-electron chi connectivity index (χ1n) is 6.50. The van der Waals surface area contributed by atoms with Crippen LogP contribution in [0.2, 0.25) is 0 Å². The van der Waals surface area contributed by atoms with E-state index in [9.17, 15) is 4.79 Å². The van der Waals surface area contributed by atoms with Gasteiger partial charge in [0.2, 0.25) is 0 Å². The molecular weight excluding hydrogens is 212 g/mol. The molecule has 2 heteroatoms. The highest BCUT2D eigenvalue weighted by atomic mass is 16.4. The van der Waals surface area contributed by atoms with Gasteiger partial charge in [0.1, 0.15) is 0 Å². The highest BCUT2D eigenvalue weighted by Crippen LogP contribution is 2.07. The summed E-state index contributed by atoms with van der Waals surface area (Å²) in [5, 5.41) is 8.84. The first kappa shape index (κ1) is 15.7. The molecule has 0 rings (SSSR count). The van der Waals surface area contributed by atoms with Crippen LogP contribution < -0.4 is 0 Å². The summed E-state index contributed by atoms with van der Waals surface area (Å²) in [7, 11) is 0. The summed E-state index contributed by atoms with van der Waals surface area (Å²) in [6, 6.07) is 0. The third kappa shape index (κ3) is 9.65. The maximum atomic E-state index is 10.8. The fourth-order valence-corrected chi connectivity index (χ4v) is 1.57. The molecule has 0 aliphatic carbocycles. The second-order valence-corrected chi connectivity index (χ2v) is 4.18. The normalized spacial score (nSPS) is 9.47. The Balaban J connectivity index is 3.79. The molecule has 0 aromatic heterocycles. The Morgan fingerprint density at radius 2 is 1.88 bits per heavy atom. The number of allylic oxidation sites excluding steroid dienone is 1. The molecule has 1 N–H and O–H groups in total. The fourth-order valence-electron chi connectivity index (χ4n) is 1.57. The van der Waals surface area contributed by atoms with Crippen LogP contribution in [0.1, 0.15) is 58.3 Å². The zero-order chi connectivity index (χ0) is 12.9. The van der Waals surface area contributed by atoms with E-state index in [-0.39, 0.29) is 0 Å². The van der Waals surface area contributed by atoms with Crippen LogP contribution >= 0.6 is 0 Å². The smallest absolute Gasteiger partial charge is 0.339 e. The van der Waals surface area contributed by atoms with Gasteiger partial charge >= 0.3 is 5.97 Å². The van der Waals surface area contributed by atoms with Crippen LogP contribution in [0.5, 0.6) is 0 Å². The Hall–Kier alpha value is -1.27. The van der Waals surface area contributed by atoms with Crippen molar-refractivity contribution >= 4 is 5.97 Å². The summed E-state index contributed by atoms with van der Waals surface area (Å²) < 4.78 is 0. The van der Waals surface area contributed by atoms with Crippen molar-refractivity contribution in [3.63, 3.8) is 0 Å². The van der Waals surface area contributed by atoms with Crippen molar-refractivity contribution in [3.8, 4) is 0 Å². The van der Waals surface area contributed by atoms with Crippen molar-refractivity contribution in [3.05, 3.63) is 30.0 Å². The van der Waals surface area contributed by atoms with E-state index in [0.717, 1.165) is 12.8 Å². The summed E-state index contributed by atoms with van der Waals surface area (Å²) in [5.74, 6) is -0.899. The van der Waals surface area contributed by atoms with Gasteiger partial charge in [-0.1, -0.05) is 45.1 Å². The number of hydrogen-bond acceptors (Lipinski definition) is 1. The quantitative estimate of drug-likeness (QED) is 0.263. The molecule has 0 bridgehead atoms. The van der Waals surface area contributed by atoms with E-state index in [1.165, 1.54) is 32.1 Å². The third-order valence-corrected chi connectivity index (χ3v) is 2.58. The lowest BCUT2D eigenvalue weighted by Gasteiger charge is -1.97. The van der Waals surface area contributed by atoms with Crippen molar-refractivity contribution in [1.82, 2.24) is 0 Å². The van der Waals surface area contributed by atoms with Gasteiger partial charge in [-0.05, 0) is 18.9 Å². The number of carboxylic acids is 1. The number of rotatable bonds is 10. The molecule has 0 heterocycles. The second kappa shape index (κ2) is 11.2. The minimum absolute atomic E-state index is 0.297. The molecule has 0 amide bonds. The molecule has 17 heavy (non-hydrogen) atoms. The molecule has 0 aliphatic rings. The molecule has 0 radical (unpaired) electrons. The molecule has 0 fully saturated rings. The van der Waals surface area contributed by atoms with E-state index in [0.29, 0.717) is 12.0 Å². The third-order valence-electron chi connectivity index (χ3n) is 2.58. The van der Waals surface area contributed by atoms with Gasteiger partial charge in [0.25, 0.3) is 0 Å². The lowest BCUT2D eigenvalue weighted by Crippen LogP contribution is -1.97. The van der Waals surface area contributed by atoms with Gasteiger partial charge in [0.05, 0.1) is 5.57 Å². The molecule has 0 atom stereocenters. The second-order valence-electron chi connectivity index (χ2n) is 4.18. The Labute approximate surface area is 105 Å². The zero-order valence-electron chi connectivity index (χ0n) is 10.9. The van der Waals surface area contributed by atoms with Crippen LogP contribution in [0.4, 0.5) is 0 Å². The van der Waals surface area contributed by atoms with E-state index >= 15 is 0 Å². The first-order chi connectivity index (χ1) is 8.22. The van der Waals surface area contributed by atoms with Gasteiger partial charge in [-0.2, -0.15) is 0 Å². The summed E-state index contributed by atoms with van der Waals surface area (Å²) >= 11 is 0. The standard InChI is InChI=1S/C15H24O2/c1-3-5-6-7-8-9-10-11-13-14(12-4-2)15(16)17/h4,11H,2-3,5-10,12H2,1H3,(H,16,17). The van der Waals surface area contributed by atoms with E-state index in [2.05, 4.69) is 19.2 Å². The maximum absolute atomic E-state index is 10.8. The average Bonchev–Trinajstić information content (AvgIpc) is 2.31. The number of carbonyl (C=O) groups is 1. The highest BCUT2D eigenvalue weighted by Gasteiger charge is 2.02. The number of hydrogen-bond donors (Lipinski definition) is 1. The Bertz CT molecular complexity index is 283. The lowest BCUT2D eigenvalue weighted by molar-refractivity contribution is -0.132. The van der Waals surface area contributed by atoms with E-state index in [4.69, 9.17) is 5.11 Å². The van der Waals surface area contributed by atoms with Gasteiger partial charge in [0.15, 0.2) is 0 Å². The summed E-state index contributed by atoms with van der Waals surface area (Å²) in [5.41, 5.74) is 3.14. The number of carboxylic acid groups (broad SMARTS) is 1. The molecule has 0 spiro atoms. The van der Waals surface area contributed by atoms with Crippen molar-refractivity contribution in [1.29, 1.82) is 0 Å².